The Kier molecular flexibility index (Phi) is 4.88. The van der Waals surface area contributed by atoms with Gasteiger partial charge in [0.1, 0.15) is 0 Å². The van der Waals surface area contributed by atoms with Crippen molar-refractivity contribution >= 4 is 23.3 Å². The Morgan fingerprint density at radius 2 is 2.14 bits per heavy atom. The van der Waals surface area contributed by atoms with Crippen LogP contribution in [-0.2, 0) is 10.3 Å². The fourth-order valence-electron chi connectivity index (χ4n) is 1.94. The van der Waals surface area contributed by atoms with E-state index in [-0.39, 0.29) is 12.5 Å². The van der Waals surface area contributed by atoms with Crippen molar-refractivity contribution in [2.24, 2.45) is 0 Å². The van der Waals surface area contributed by atoms with Gasteiger partial charge in [-0.25, -0.2) is 4.98 Å². The maximum absolute atomic E-state index is 12.0. The summed E-state index contributed by atoms with van der Waals surface area (Å²) in [6.07, 6.45) is 3.10. The van der Waals surface area contributed by atoms with Crippen LogP contribution in [-0.4, -0.2) is 22.6 Å². The Morgan fingerprint density at radius 3 is 2.71 bits per heavy atom. The maximum atomic E-state index is 12.0. The summed E-state index contributed by atoms with van der Waals surface area (Å²) >= 11 is 1.54. The average molecular weight is 302 g/mol. The molecule has 2 aromatic rings. The molecule has 0 radical (unpaired) electrons. The number of carbonyl (C=O) groups is 1. The van der Waals surface area contributed by atoms with Crippen LogP contribution < -0.4 is 5.32 Å². The first-order chi connectivity index (χ1) is 10.0. The van der Waals surface area contributed by atoms with Gasteiger partial charge in [0.25, 0.3) is 0 Å². The molecule has 2 rings (SSSR count). The van der Waals surface area contributed by atoms with Gasteiger partial charge in [-0.2, -0.15) is 0 Å². The van der Waals surface area contributed by atoms with Crippen molar-refractivity contribution < 1.29 is 9.90 Å². The molecule has 1 atom stereocenters. The number of aromatic nitrogens is 1. The Hall–Kier alpha value is -1.98. The van der Waals surface area contributed by atoms with Crippen LogP contribution in [0.1, 0.15) is 23.2 Å². The van der Waals surface area contributed by atoms with Gasteiger partial charge in [-0.3, -0.25) is 4.79 Å². The van der Waals surface area contributed by atoms with E-state index >= 15 is 0 Å². The highest BCUT2D eigenvalue weighted by Gasteiger charge is 2.26. The number of aliphatic hydroxyl groups excluding tert-OH is 1. The van der Waals surface area contributed by atoms with Gasteiger partial charge >= 0.3 is 0 Å². The summed E-state index contributed by atoms with van der Waals surface area (Å²) in [5.74, 6) is -0.263. The molecule has 0 bridgehead atoms. The highest BCUT2D eigenvalue weighted by molar-refractivity contribution is 7.09. The zero-order chi connectivity index (χ0) is 15.3. The lowest BCUT2D eigenvalue weighted by Crippen LogP contribution is -2.45. The number of hydrogen-bond acceptors (Lipinski definition) is 4. The molecule has 4 nitrogen and oxygen atoms in total. The molecule has 0 saturated heterocycles. The van der Waals surface area contributed by atoms with E-state index in [2.05, 4.69) is 10.3 Å². The van der Waals surface area contributed by atoms with Crippen molar-refractivity contribution in [3.63, 3.8) is 0 Å². The summed E-state index contributed by atoms with van der Waals surface area (Å²) in [5.41, 5.74) is 0.817. The maximum Gasteiger partial charge on any atom is 0.244 e. The second kappa shape index (κ2) is 6.65. The zero-order valence-corrected chi connectivity index (χ0v) is 12.9. The Balaban J connectivity index is 2.08. The van der Waals surface area contributed by atoms with Crippen LogP contribution >= 0.6 is 11.3 Å². The van der Waals surface area contributed by atoms with E-state index in [1.54, 1.807) is 13.0 Å². The van der Waals surface area contributed by atoms with Crippen LogP contribution in [0.25, 0.3) is 6.08 Å². The first-order valence-corrected chi connectivity index (χ1v) is 7.50. The van der Waals surface area contributed by atoms with E-state index in [0.717, 1.165) is 16.3 Å². The van der Waals surface area contributed by atoms with Crippen LogP contribution in [0.2, 0.25) is 0 Å². The molecule has 0 saturated carbocycles. The molecule has 2 N–H and O–H groups in total. The Labute approximate surface area is 128 Å². The topological polar surface area (TPSA) is 62.2 Å². The van der Waals surface area contributed by atoms with E-state index in [1.165, 1.54) is 17.4 Å². The third kappa shape index (κ3) is 4.00. The molecule has 110 valence electrons. The molecule has 1 heterocycles. The molecule has 0 aliphatic rings. The van der Waals surface area contributed by atoms with Gasteiger partial charge in [-0.15, -0.1) is 11.3 Å². The van der Waals surface area contributed by atoms with Crippen LogP contribution in [0, 0.1) is 6.92 Å². The van der Waals surface area contributed by atoms with Gasteiger partial charge in [-0.05, 0) is 25.5 Å². The zero-order valence-electron chi connectivity index (χ0n) is 12.0. The highest BCUT2D eigenvalue weighted by Crippen LogP contribution is 2.19. The van der Waals surface area contributed by atoms with Crippen molar-refractivity contribution in [2.45, 2.75) is 19.4 Å². The number of thiazole rings is 1. The third-order valence-corrected chi connectivity index (χ3v) is 3.96. The van der Waals surface area contributed by atoms with E-state index in [1.807, 2.05) is 42.6 Å². The summed E-state index contributed by atoms with van der Waals surface area (Å²) < 4.78 is 0. The number of amides is 1. The molecule has 0 aliphatic heterocycles. The molecule has 0 aliphatic carbocycles. The average Bonchev–Trinajstić information content (AvgIpc) is 2.91. The number of hydrogen-bond donors (Lipinski definition) is 2. The minimum Gasteiger partial charge on any atom is -0.394 e. The standard InChI is InChI=1S/C16H18N2O2S/c1-12-17-14(10-21-12)8-9-15(20)18-16(2,11-19)13-6-4-3-5-7-13/h3-10,19H,11H2,1-2H3,(H,18,20)/b9-8+. The van der Waals surface area contributed by atoms with Crippen LogP contribution in [0.3, 0.4) is 0 Å². The van der Waals surface area contributed by atoms with Crippen LogP contribution in [0.5, 0.6) is 0 Å². The molecular weight excluding hydrogens is 284 g/mol. The molecule has 1 aromatic heterocycles. The van der Waals surface area contributed by atoms with Crippen molar-refractivity contribution in [3.8, 4) is 0 Å². The quantitative estimate of drug-likeness (QED) is 0.834. The number of carbonyl (C=O) groups excluding carboxylic acids is 1. The van der Waals surface area contributed by atoms with Gasteiger partial charge < -0.3 is 10.4 Å². The first-order valence-electron chi connectivity index (χ1n) is 6.62. The van der Waals surface area contributed by atoms with Crippen LogP contribution in [0.15, 0.2) is 41.8 Å². The summed E-state index contributed by atoms with van der Waals surface area (Å²) in [5, 5.41) is 15.3. The second-order valence-electron chi connectivity index (χ2n) is 4.97. The molecule has 1 amide bonds. The second-order valence-corrected chi connectivity index (χ2v) is 6.03. The summed E-state index contributed by atoms with van der Waals surface area (Å²) in [6, 6.07) is 9.41. The van der Waals surface area contributed by atoms with Gasteiger partial charge in [0.2, 0.25) is 5.91 Å². The number of aryl methyl sites for hydroxylation is 1. The monoisotopic (exact) mass is 302 g/mol. The predicted molar refractivity (Wildman–Crippen MR) is 84.9 cm³/mol. The summed E-state index contributed by atoms with van der Waals surface area (Å²) in [4.78, 5) is 16.3. The van der Waals surface area contributed by atoms with Crippen molar-refractivity contribution in [1.29, 1.82) is 0 Å². The Morgan fingerprint density at radius 1 is 1.43 bits per heavy atom. The SMILES string of the molecule is Cc1nc(/C=C/C(=O)NC(C)(CO)c2ccccc2)cs1. The van der Waals surface area contributed by atoms with E-state index in [0.29, 0.717) is 0 Å². The lowest BCUT2D eigenvalue weighted by atomic mass is 9.93. The minimum absolute atomic E-state index is 0.174. The number of nitrogens with one attached hydrogen (secondary N) is 1. The molecule has 1 unspecified atom stereocenters. The van der Waals surface area contributed by atoms with Crippen molar-refractivity contribution in [3.05, 3.63) is 58.1 Å². The molecular formula is C16H18N2O2S. The van der Waals surface area contributed by atoms with Crippen LogP contribution in [0.4, 0.5) is 0 Å². The summed E-state index contributed by atoms with van der Waals surface area (Å²) in [7, 11) is 0. The van der Waals surface area contributed by atoms with E-state index < -0.39 is 5.54 Å². The fraction of sp³-hybridized carbons (Fsp3) is 0.250. The largest absolute Gasteiger partial charge is 0.394 e. The minimum atomic E-state index is -0.805. The van der Waals surface area contributed by atoms with Crippen molar-refractivity contribution in [1.82, 2.24) is 10.3 Å². The Bertz CT molecular complexity index is 637. The number of rotatable bonds is 5. The fourth-order valence-corrected chi connectivity index (χ4v) is 2.52. The van der Waals surface area contributed by atoms with Gasteiger partial charge in [0.05, 0.1) is 22.8 Å². The van der Waals surface area contributed by atoms with E-state index in [9.17, 15) is 9.90 Å². The third-order valence-electron chi connectivity index (χ3n) is 3.17. The van der Waals surface area contributed by atoms with Gasteiger partial charge in [-0.1, -0.05) is 30.3 Å². The lowest BCUT2D eigenvalue weighted by Gasteiger charge is -2.28. The highest BCUT2D eigenvalue weighted by atomic mass is 32.1. The van der Waals surface area contributed by atoms with Crippen molar-refractivity contribution in [2.75, 3.05) is 6.61 Å². The molecule has 1 aromatic carbocycles. The molecule has 5 heteroatoms. The van der Waals surface area contributed by atoms with Gasteiger partial charge in [0, 0.05) is 11.5 Å². The molecule has 0 fully saturated rings. The first kappa shape index (κ1) is 15.4. The van der Waals surface area contributed by atoms with Gasteiger partial charge in [0.15, 0.2) is 0 Å². The number of benzene rings is 1. The normalized spacial score (nSPS) is 14.0. The number of aliphatic hydroxyl groups is 1. The van der Waals surface area contributed by atoms with E-state index in [4.69, 9.17) is 0 Å². The smallest absolute Gasteiger partial charge is 0.244 e. The summed E-state index contributed by atoms with van der Waals surface area (Å²) in [6.45, 7) is 3.54. The number of nitrogens with zero attached hydrogens (tertiary/aromatic N) is 1. The molecule has 21 heavy (non-hydrogen) atoms. The predicted octanol–water partition coefficient (Wildman–Crippen LogP) is 2.49. The lowest BCUT2D eigenvalue weighted by molar-refractivity contribution is -0.118. The molecule has 0 spiro atoms.